The van der Waals surface area contributed by atoms with Crippen molar-refractivity contribution >= 4 is 12.0 Å². The molecule has 0 saturated carbocycles. The molecule has 0 unspecified atom stereocenters. The number of aromatic nitrogens is 2. The van der Waals surface area contributed by atoms with E-state index >= 15 is 0 Å². The Bertz CT molecular complexity index is 515. The number of hydrogen-bond acceptors (Lipinski definition) is 5. The number of nitrogens with zero attached hydrogens (tertiary/aromatic N) is 2. The maximum Gasteiger partial charge on any atom is 0.317 e. The van der Waals surface area contributed by atoms with E-state index in [-0.39, 0.29) is 17.8 Å². The number of anilines is 2. The Balaban J connectivity index is 2.09. The van der Waals surface area contributed by atoms with Crippen LogP contribution in [0, 0.1) is 19.7 Å². The lowest BCUT2D eigenvalue weighted by Gasteiger charge is -2.06. The molecule has 2 rings (SSSR count). The maximum absolute atomic E-state index is 13.4. The minimum atomic E-state index is -0.171. The van der Waals surface area contributed by atoms with Crippen molar-refractivity contribution in [3.8, 4) is 0 Å². The third-order valence-corrected chi connectivity index (χ3v) is 2.38. The summed E-state index contributed by atoms with van der Waals surface area (Å²) in [6, 6.07) is 3.81. The van der Waals surface area contributed by atoms with Gasteiger partial charge in [0.05, 0.1) is 0 Å². The smallest absolute Gasteiger partial charge is 0.317 e. The topological polar surface area (TPSA) is 77.0 Å². The average Bonchev–Trinajstić information content (AvgIpc) is 2.69. The van der Waals surface area contributed by atoms with Crippen LogP contribution in [0.25, 0.3) is 0 Å². The van der Waals surface area contributed by atoms with Crippen molar-refractivity contribution in [2.45, 2.75) is 20.4 Å². The Morgan fingerprint density at radius 2 is 1.94 bits per heavy atom. The van der Waals surface area contributed by atoms with Gasteiger partial charge in [0.15, 0.2) is 0 Å². The summed E-state index contributed by atoms with van der Waals surface area (Å²) in [5.74, 6) is -0.171. The van der Waals surface area contributed by atoms with Gasteiger partial charge < -0.3 is 15.5 Å². The molecule has 0 spiro atoms. The van der Waals surface area contributed by atoms with Crippen molar-refractivity contribution in [2.75, 3.05) is 11.1 Å². The first-order valence-corrected chi connectivity index (χ1v) is 5.14. The van der Waals surface area contributed by atoms with E-state index in [1.165, 1.54) is 0 Å². The molecule has 2 aromatic rings. The second-order valence-electron chi connectivity index (χ2n) is 3.84. The second kappa shape index (κ2) is 4.40. The van der Waals surface area contributed by atoms with Gasteiger partial charge >= 0.3 is 12.0 Å². The van der Waals surface area contributed by atoms with Crippen LogP contribution in [0.2, 0.25) is 0 Å². The molecular formula is C11H13FN4O. The molecule has 0 aliphatic carbocycles. The first-order chi connectivity index (χ1) is 8.06. The van der Waals surface area contributed by atoms with Gasteiger partial charge in [-0.1, -0.05) is 22.3 Å². The number of aryl methyl sites for hydroxylation is 2. The molecule has 17 heavy (non-hydrogen) atoms. The summed E-state index contributed by atoms with van der Waals surface area (Å²) in [5.41, 5.74) is 7.46. The normalized spacial score (nSPS) is 10.5. The van der Waals surface area contributed by atoms with Crippen LogP contribution >= 0.6 is 0 Å². The summed E-state index contributed by atoms with van der Waals surface area (Å²) in [6.45, 7) is 3.94. The zero-order chi connectivity index (χ0) is 12.4. The number of nitrogen functional groups attached to an aromatic ring is 1. The minimum Gasteiger partial charge on any atom is -0.390 e. The van der Waals surface area contributed by atoms with Crippen molar-refractivity contribution in [1.82, 2.24) is 10.2 Å². The zero-order valence-corrected chi connectivity index (χ0v) is 9.62. The Kier molecular flexibility index (Phi) is 2.95. The molecule has 0 aliphatic rings. The van der Waals surface area contributed by atoms with Crippen LogP contribution in [0.1, 0.15) is 16.7 Å². The molecule has 0 fully saturated rings. The molecule has 0 aliphatic heterocycles. The Labute approximate surface area is 97.8 Å². The number of benzene rings is 1. The van der Waals surface area contributed by atoms with Crippen molar-refractivity contribution in [3.05, 3.63) is 34.6 Å². The maximum atomic E-state index is 13.4. The molecule has 1 heterocycles. The predicted molar refractivity (Wildman–Crippen MR) is 61.9 cm³/mol. The first kappa shape index (κ1) is 11.4. The largest absolute Gasteiger partial charge is 0.390 e. The lowest BCUT2D eigenvalue weighted by atomic mass is 10.1. The zero-order valence-electron chi connectivity index (χ0n) is 9.62. The highest BCUT2D eigenvalue weighted by molar-refractivity contribution is 5.33. The first-order valence-electron chi connectivity index (χ1n) is 5.14. The molecule has 0 amide bonds. The number of hydrogen-bond donors (Lipinski definition) is 2. The monoisotopic (exact) mass is 236 g/mol. The van der Waals surface area contributed by atoms with Crippen LogP contribution in [0.15, 0.2) is 16.5 Å². The van der Waals surface area contributed by atoms with Gasteiger partial charge in [-0.25, -0.2) is 4.39 Å². The van der Waals surface area contributed by atoms with Gasteiger partial charge in [-0.05, 0) is 30.5 Å². The van der Waals surface area contributed by atoms with Crippen LogP contribution in [-0.4, -0.2) is 10.2 Å². The van der Waals surface area contributed by atoms with Crippen LogP contribution in [-0.2, 0) is 6.54 Å². The SMILES string of the molecule is Cc1cc(CNc2nnc(N)o2)cc(C)c1F. The number of nitrogens with one attached hydrogen (secondary N) is 1. The van der Waals surface area contributed by atoms with Crippen LogP contribution in [0.3, 0.4) is 0 Å². The molecule has 90 valence electrons. The summed E-state index contributed by atoms with van der Waals surface area (Å²) in [7, 11) is 0. The Morgan fingerprint density at radius 3 is 2.47 bits per heavy atom. The highest BCUT2D eigenvalue weighted by Crippen LogP contribution is 2.16. The molecule has 0 radical (unpaired) electrons. The molecule has 6 heteroatoms. The van der Waals surface area contributed by atoms with E-state index in [1.807, 2.05) is 0 Å². The van der Waals surface area contributed by atoms with Crippen LogP contribution in [0.5, 0.6) is 0 Å². The van der Waals surface area contributed by atoms with Crippen molar-refractivity contribution in [3.63, 3.8) is 0 Å². The number of nitrogens with two attached hydrogens (primary N) is 1. The van der Waals surface area contributed by atoms with Gasteiger partial charge in [-0.2, -0.15) is 0 Å². The predicted octanol–water partition coefficient (Wildman–Crippen LogP) is 2.02. The molecule has 1 aromatic heterocycles. The van der Waals surface area contributed by atoms with E-state index < -0.39 is 0 Å². The van der Waals surface area contributed by atoms with Gasteiger partial charge in [0.2, 0.25) is 0 Å². The standard InChI is InChI=1S/C11H13FN4O/c1-6-3-8(4-7(2)9(6)12)5-14-11-16-15-10(13)17-11/h3-4H,5H2,1-2H3,(H2,13,15)(H,14,16). The molecule has 0 saturated heterocycles. The van der Waals surface area contributed by atoms with E-state index in [9.17, 15) is 4.39 Å². The fraction of sp³-hybridized carbons (Fsp3) is 0.273. The minimum absolute atomic E-state index is 0.0129. The van der Waals surface area contributed by atoms with E-state index in [0.29, 0.717) is 17.7 Å². The number of halogens is 1. The van der Waals surface area contributed by atoms with Crippen LogP contribution < -0.4 is 11.1 Å². The highest BCUT2D eigenvalue weighted by Gasteiger charge is 2.06. The van der Waals surface area contributed by atoms with Gasteiger partial charge in [0.25, 0.3) is 0 Å². The quantitative estimate of drug-likeness (QED) is 0.852. The van der Waals surface area contributed by atoms with Gasteiger partial charge in [0, 0.05) is 6.54 Å². The molecule has 0 bridgehead atoms. The summed E-state index contributed by atoms with van der Waals surface area (Å²) >= 11 is 0. The average molecular weight is 236 g/mol. The van der Waals surface area contributed by atoms with E-state index in [0.717, 1.165) is 5.56 Å². The lowest BCUT2D eigenvalue weighted by Crippen LogP contribution is -2.01. The van der Waals surface area contributed by atoms with Crippen molar-refractivity contribution in [1.29, 1.82) is 0 Å². The van der Waals surface area contributed by atoms with Gasteiger partial charge in [0.1, 0.15) is 5.82 Å². The fourth-order valence-electron chi connectivity index (χ4n) is 1.62. The molecule has 5 nitrogen and oxygen atoms in total. The molecule has 3 N–H and O–H groups in total. The Hall–Kier alpha value is -2.11. The third-order valence-electron chi connectivity index (χ3n) is 2.38. The molecule has 1 aromatic carbocycles. The van der Waals surface area contributed by atoms with Crippen LogP contribution in [0.4, 0.5) is 16.4 Å². The van der Waals surface area contributed by atoms with Crippen molar-refractivity contribution in [2.24, 2.45) is 0 Å². The fourth-order valence-corrected chi connectivity index (χ4v) is 1.62. The summed E-state index contributed by atoms with van der Waals surface area (Å²) in [4.78, 5) is 0. The third kappa shape index (κ3) is 2.52. The number of rotatable bonds is 3. The highest BCUT2D eigenvalue weighted by atomic mass is 19.1. The summed E-state index contributed by atoms with van der Waals surface area (Å²) in [6.07, 6.45) is 0. The summed E-state index contributed by atoms with van der Waals surface area (Å²) in [5, 5.41) is 10.1. The van der Waals surface area contributed by atoms with E-state index in [1.54, 1.807) is 26.0 Å². The molecule has 0 atom stereocenters. The summed E-state index contributed by atoms with van der Waals surface area (Å²) < 4.78 is 18.4. The van der Waals surface area contributed by atoms with E-state index in [2.05, 4.69) is 15.5 Å². The van der Waals surface area contributed by atoms with Crippen molar-refractivity contribution < 1.29 is 8.81 Å². The Morgan fingerprint density at radius 1 is 1.29 bits per heavy atom. The second-order valence-corrected chi connectivity index (χ2v) is 3.84. The molecular weight excluding hydrogens is 223 g/mol. The van der Waals surface area contributed by atoms with Gasteiger partial charge in [-0.3, -0.25) is 0 Å². The lowest BCUT2D eigenvalue weighted by molar-refractivity contribution is 0.586. The van der Waals surface area contributed by atoms with Gasteiger partial charge in [-0.15, -0.1) is 0 Å². The van der Waals surface area contributed by atoms with E-state index in [4.69, 9.17) is 10.2 Å².